The number of hydrogen-bond donors (Lipinski definition) is 1. The van der Waals surface area contributed by atoms with Gasteiger partial charge in [0.25, 0.3) is 11.8 Å². The number of benzene rings is 1. The largest absolute Gasteiger partial charge is 0.469 e. The number of rotatable bonds is 7. The third-order valence-electron chi connectivity index (χ3n) is 3.25. The lowest BCUT2D eigenvalue weighted by atomic mass is 10.0. The fraction of sp³-hybridized carbons (Fsp3) is 0.500. The summed E-state index contributed by atoms with van der Waals surface area (Å²) < 4.78 is 31.0. The van der Waals surface area contributed by atoms with Gasteiger partial charge in [0.2, 0.25) is 0 Å². The summed E-state index contributed by atoms with van der Waals surface area (Å²) in [5, 5.41) is 2.42. The molecule has 1 amide bonds. The number of carbonyl (C=O) groups is 2. The monoisotopic (exact) mass is 313 g/mol. The van der Waals surface area contributed by atoms with Crippen molar-refractivity contribution in [3.8, 4) is 0 Å². The minimum atomic E-state index is -3.19. The fourth-order valence-corrected chi connectivity index (χ4v) is 1.85. The molecule has 1 N–H and O–H groups in total. The van der Waals surface area contributed by atoms with Crippen molar-refractivity contribution in [1.29, 1.82) is 0 Å². The molecule has 4 nitrogen and oxygen atoms in total. The summed E-state index contributed by atoms with van der Waals surface area (Å²) in [6, 6.07) is 7.01. The molecule has 0 spiro atoms. The summed E-state index contributed by atoms with van der Waals surface area (Å²) in [5.74, 6) is -4.22. The molecule has 1 rings (SSSR count). The summed E-state index contributed by atoms with van der Waals surface area (Å²) in [6.45, 7) is 3.87. The van der Waals surface area contributed by atoms with Crippen LogP contribution in [0.3, 0.4) is 0 Å². The molecule has 6 heteroatoms. The molecule has 0 saturated carbocycles. The van der Waals surface area contributed by atoms with E-state index in [1.807, 2.05) is 26.0 Å². The first-order chi connectivity index (χ1) is 10.2. The normalized spacial score (nSPS) is 11.4. The van der Waals surface area contributed by atoms with Crippen molar-refractivity contribution in [3.63, 3.8) is 0 Å². The molecule has 0 aliphatic rings. The molecule has 1 aromatic rings. The van der Waals surface area contributed by atoms with Gasteiger partial charge in [0.1, 0.15) is 6.42 Å². The third kappa shape index (κ3) is 5.79. The predicted molar refractivity (Wildman–Crippen MR) is 79.1 cm³/mol. The highest BCUT2D eigenvalue weighted by Gasteiger charge is 2.32. The molecule has 22 heavy (non-hydrogen) atoms. The van der Waals surface area contributed by atoms with Crippen LogP contribution in [0.5, 0.6) is 0 Å². The lowest BCUT2D eigenvalue weighted by Gasteiger charge is -2.15. The Morgan fingerprint density at radius 3 is 2.32 bits per heavy atom. The molecule has 0 atom stereocenters. The Morgan fingerprint density at radius 1 is 1.23 bits per heavy atom. The number of alkyl halides is 2. The van der Waals surface area contributed by atoms with Crippen molar-refractivity contribution >= 4 is 11.9 Å². The van der Waals surface area contributed by atoms with Gasteiger partial charge in [-0.1, -0.05) is 26.0 Å². The van der Waals surface area contributed by atoms with Crippen LogP contribution in [0.15, 0.2) is 24.3 Å². The van der Waals surface area contributed by atoms with Gasteiger partial charge in [-0.2, -0.15) is 0 Å². The van der Waals surface area contributed by atoms with Crippen LogP contribution in [-0.4, -0.2) is 31.5 Å². The van der Waals surface area contributed by atoms with E-state index in [-0.39, 0.29) is 6.54 Å². The Balaban J connectivity index is 2.47. The second kappa shape index (κ2) is 7.87. The second-order valence-electron chi connectivity index (χ2n) is 5.39. The van der Waals surface area contributed by atoms with Gasteiger partial charge >= 0.3 is 5.97 Å². The first-order valence-corrected chi connectivity index (χ1v) is 7.08. The lowest BCUT2D eigenvalue weighted by molar-refractivity contribution is -0.148. The molecule has 122 valence electrons. The molecule has 0 fully saturated rings. The van der Waals surface area contributed by atoms with Crippen LogP contribution in [0.2, 0.25) is 0 Å². The highest BCUT2D eigenvalue weighted by atomic mass is 19.3. The summed E-state index contributed by atoms with van der Waals surface area (Å²) >= 11 is 0. The van der Waals surface area contributed by atoms with Gasteiger partial charge in [0.15, 0.2) is 0 Å². The molecule has 0 aliphatic heterocycles. The third-order valence-corrected chi connectivity index (χ3v) is 3.25. The molecular formula is C16H21F2NO3. The van der Waals surface area contributed by atoms with E-state index in [0.29, 0.717) is 11.5 Å². The number of esters is 1. The molecular weight excluding hydrogens is 292 g/mol. The van der Waals surface area contributed by atoms with Crippen molar-refractivity contribution in [1.82, 2.24) is 5.32 Å². The molecule has 0 radical (unpaired) electrons. The van der Waals surface area contributed by atoms with Crippen LogP contribution in [0.25, 0.3) is 0 Å². The Kier molecular flexibility index (Phi) is 6.46. The molecule has 0 unspecified atom stereocenters. The van der Waals surface area contributed by atoms with Crippen LogP contribution >= 0.6 is 0 Å². The highest BCUT2D eigenvalue weighted by molar-refractivity contribution is 5.94. The van der Waals surface area contributed by atoms with Gasteiger partial charge in [-0.25, -0.2) is 8.78 Å². The summed E-state index contributed by atoms with van der Waals surface area (Å²) in [7, 11) is 1.06. The van der Waals surface area contributed by atoms with E-state index in [1.165, 1.54) is 0 Å². The van der Waals surface area contributed by atoms with Gasteiger partial charge < -0.3 is 10.1 Å². The Bertz CT molecular complexity index is 513. The van der Waals surface area contributed by atoms with Crippen molar-refractivity contribution in [2.45, 2.75) is 38.5 Å². The van der Waals surface area contributed by atoms with Crippen molar-refractivity contribution in [2.24, 2.45) is 0 Å². The number of methoxy groups -OCH3 is 1. The number of carbonyl (C=O) groups excluding carboxylic acids is 2. The second-order valence-corrected chi connectivity index (χ2v) is 5.39. The highest BCUT2D eigenvalue weighted by Crippen LogP contribution is 2.22. The zero-order chi connectivity index (χ0) is 16.8. The average molecular weight is 313 g/mol. The first kappa shape index (κ1) is 18.1. The molecule has 0 heterocycles. The fourth-order valence-electron chi connectivity index (χ4n) is 1.85. The summed E-state index contributed by atoms with van der Waals surface area (Å²) in [4.78, 5) is 22.7. The molecule has 0 saturated heterocycles. The van der Waals surface area contributed by atoms with Crippen molar-refractivity contribution in [3.05, 3.63) is 35.4 Å². The number of nitrogens with one attached hydrogen (secondary N) is 1. The quantitative estimate of drug-likeness (QED) is 0.787. The zero-order valence-corrected chi connectivity index (χ0v) is 13.0. The minimum Gasteiger partial charge on any atom is -0.469 e. The van der Waals surface area contributed by atoms with Gasteiger partial charge in [-0.05, 0) is 23.6 Å². The maximum absolute atomic E-state index is 13.4. The van der Waals surface area contributed by atoms with Crippen molar-refractivity contribution in [2.75, 3.05) is 13.7 Å². The van der Waals surface area contributed by atoms with E-state index < -0.39 is 30.6 Å². The number of amides is 1. The molecule has 0 bridgehead atoms. The number of halogens is 2. The van der Waals surface area contributed by atoms with Crippen LogP contribution in [0.4, 0.5) is 8.78 Å². The van der Waals surface area contributed by atoms with Crippen LogP contribution in [0.1, 0.15) is 48.5 Å². The number of ether oxygens (including phenoxy) is 1. The average Bonchev–Trinajstić information content (AvgIpc) is 2.46. The Hall–Kier alpha value is -1.98. The smallest absolute Gasteiger partial charge is 0.311 e. The lowest BCUT2D eigenvalue weighted by Crippen LogP contribution is -2.31. The van der Waals surface area contributed by atoms with Crippen molar-refractivity contribution < 1.29 is 23.1 Å². The molecule has 0 aliphatic carbocycles. The van der Waals surface area contributed by atoms with Crippen LogP contribution < -0.4 is 5.32 Å². The van der Waals surface area contributed by atoms with E-state index >= 15 is 0 Å². The van der Waals surface area contributed by atoms with Gasteiger partial charge in [-0.3, -0.25) is 9.59 Å². The van der Waals surface area contributed by atoms with E-state index in [0.717, 1.165) is 12.7 Å². The summed E-state index contributed by atoms with van der Waals surface area (Å²) in [5.41, 5.74) is 1.52. The van der Waals surface area contributed by atoms with E-state index in [2.05, 4.69) is 10.1 Å². The standard InChI is InChI=1S/C16H21F2NO3/c1-11(2)12-4-6-13(7-5-12)15(21)19-9-8-16(17,18)10-14(20)22-3/h4-7,11H,8-10H2,1-3H3,(H,19,21). The van der Waals surface area contributed by atoms with Gasteiger partial charge in [-0.15, -0.1) is 0 Å². The van der Waals surface area contributed by atoms with E-state index in [9.17, 15) is 18.4 Å². The first-order valence-electron chi connectivity index (χ1n) is 7.08. The van der Waals surface area contributed by atoms with Crippen LogP contribution in [-0.2, 0) is 9.53 Å². The van der Waals surface area contributed by atoms with Gasteiger partial charge in [0.05, 0.1) is 7.11 Å². The topological polar surface area (TPSA) is 55.4 Å². The minimum absolute atomic E-state index is 0.214. The van der Waals surface area contributed by atoms with E-state index in [4.69, 9.17) is 0 Å². The summed E-state index contributed by atoms with van der Waals surface area (Å²) in [6.07, 6.45) is -1.60. The Morgan fingerprint density at radius 2 is 1.82 bits per heavy atom. The zero-order valence-electron chi connectivity index (χ0n) is 13.0. The molecule has 0 aromatic heterocycles. The van der Waals surface area contributed by atoms with Crippen LogP contribution in [0, 0.1) is 0 Å². The van der Waals surface area contributed by atoms with Gasteiger partial charge in [0, 0.05) is 18.5 Å². The molecule has 1 aromatic carbocycles. The predicted octanol–water partition coefficient (Wildman–Crippen LogP) is 3.13. The van der Waals surface area contributed by atoms with E-state index in [1.54, 1.807) is 12.1 Å². The Labute approximate surface area is 128 Å². The maximum Gasteiger partial charge on any atom is 0.311 e. The SMILES string of the molecule is COC(=O)CC(F)(F)CCNC(=O)c1ccc(C(C)C)cc1. The number of hydrogen-bond acceptors (Lipinski definition) is 3. The maximum atomic E-state index is 13.4.